The Morgan fingerprint density at radius 2 is 2.03 bits per heavy atom. The van der Waals surface area contributed by atoms with Gasteiger partial charge in [-0.05, 0) is 30.5 Å². The van der Waals surface area contributed by atoms with E-state index in [0.717, 1.165) is 30.5 Å². The van der Waals surface area contributed by atoms with Crippen LogP contribution in [0.3, 0.4) is 0 Å². The summed E-state index contributed by atoms with van der Waals surface area (Å²) in [6, 6.07) is 14.9. The van der Waals surface area contributed by atoms with Crippen molar-refractivity contribution in [3.8, 4) is 23.2 Å². The Bertz CT molecular complexity index is 1440. The molecular formula is C26H26N8O2. The van der Waals surface area contributed by atoms with Crippen LogP contribution < -0.4 is 15.8 Å². The Hall–Kier alpha value is -4.65. The maximum Gasteiger partial charge on any atom is 0.255 e. The molecule has 0 aliphatic carbocycles. The summed E-state index contributed by atoms with van der Waals surface area (Å²) in [7, 11) is 1.54. The molecule has 4 aromatic rings. The zero-order valence-corrected chi connectivity index (χ0v) is 19.9. The second-order valence-corrected chi connectivity index (χ2v) is 8.67. The van der Waals surface area contributed by atoms with Crippen LogP contribution in [0.2, 0.25) is 0 Å². The van der Waals surface area contributed by atoms with Gasteiger partial charge in [0.1, 0.15) is 23.6 Å². The average Bonchev–Trinajstić information content (AvgIpc) is 3.33. The number of benzene rings is 2. The van der Waals surface area contributed by atoms with Crippen LogP contribution in [0, 0.1) is 11.5 Å². The fourth-order valence-corrected chi connectivity index (χ4v) is 4.59. The first-order valence-corrected chi connectivity index (χ1v) is 11.7. The van der Waals surface area contributed by atoms with Gasteiger partial charge in [-0.2, -0.15) is 10.4 Å². The van der Waals surface area contributed by atoms with Crippen molar-refractivity contribution >= 4 is 22.8 Å². The standard InChI is InChI=1S/C26H26N8O2/c1-36-21-7-3-2-6-20(21)26(35)29-13-17-8-10-18(11-9-17)23-22-24(28)30-16-31-25(22)34(32-23)19-5-4-12-33(14-19)15-27/h2-3,6-11,16,19H,4-5,12-14H2,1H3,(H,29,35)(H2,28,30,31). The van der Waals surface area contributed by atoms with Crippen LogP contribution in [0.15, 0.2) is 54.9 Å². The number of fused-ring (bicyclic) bond motifs is 1. The zero-order valence-electron chi connectivity index (χ0n) is 19.9. The predicted molar refractivity (Wildman–Crippen MR) is 135 cm³/mol. The molecule has 2 aromatic carbocycles. The van der Waals surface area contributed by atoms with E-state index in [4.69, 9.17) is 15.6 Å². The van der Waals surface area contributed by atoms with Crippen molar-refractivity contribution in [2.24, 2.45) is 0 Å². The molecule has 3 N–H and O–H groups in total. The molecule has 5 rings (SSSR count). The molecule has 1 saturated heterocycles. The highest BCUT2D eigenvalue weighted by Crippen LogP contribution is 2.33. The summed E-state index contributed by atoms with van der Waals surface area (Å²) in [6.45, 7) is 1.70. The number of likely N-dealkylation sites (tertiary alicyclic amines) is 1. The van der Waals surface area contributed by atoms with Crippen LogP contribution in [0.4, 0.5) is 5.82 Å². The number of carbonyl (C=O) groups is 1. The summed E-state index contributed by atoms with van der Waals surface area (Å²) in [5.41, 5.74) is 9.91. The lowest BCUT2D eigenvalue weighted by molar-refractivity contribution is 0.0948. The third-order valence-electron chi connectivity index (χ3n) is 6.43. The maximum absolute atomic E-state index is 12.6. The van der Waals surface area contributed by atoms with Crippen molar-refractivity contribution in [2.45, 2.75) is 25.4 Å². The van der Waals surface area contributed by atoms with Crippen molar-refractivity contribution < 1.29 is 9.53 Å². The number of nitrogens with two attached hydrogens (primary N) is 1. The zero-order chi connectivity index (χ0) is 25.1. The molecule has 1 amide bonds. The van der Waals surface area contributed by atoms with Gasteiger partial charge in [-0.1, -0.05) is 36.4 Å². The van der Waals surface area contributed by atoms with Crippen molar-refractivity contribution in [2.75, 3.05) is 25.9 Å². The SMILES string of the molecule is COc1ccccc1C(=O)NCc1ccc(-c2nn(C3CCCN(C#N)C3)c3ncnc(N)c23)cc1. The smallest absolute Gasteiger partial charge is 0.255 e. The number of piperidine rings is 1. The molecule has 1 aliphatic rings. The van der Waals surface area contributed by atoms with Gasteiger partial charge in [0.15, 0.2) is 11.8 Å². The summed E-state index contributed by atoms with van der Waals surface area (Å²) < 4.78 is 7.16. The van der Waals surface area contributed by atoms with Crippen LogP contribution in [-0.2, 0) is 6.54 Å². The molecule has 2 aromatic heterocycles. The highest BCUT2D eigenvalue weighted by atomic mass is 16.5. The van der Waals surface area contributed by atoms with Crippen LogP contribution in [0.25, 0.3) is 22.3 Å². The Kier molecular flexibility index (Phi) is 6.36. The van der Waals surface area contributed by atoms with Gasteiger partial charge in [-0.15, -0.1) is 0 Å². The number of nitriles is 1. The molecule has 0 saturated carbocycles. The number of anilines is 1. The number of hydrogen-bond acceptors (Lipinski definition) is 8. The van der Waals surface area contributed by atoms with E-state index in [1.807, 2.05) is 35.0 Å². The molecule has 1 fully saturated rings. The molecule has 10 heteroatoms. The summed E-state index contributed by atoms with van der Waals surface area (Å²) in [6.07, 6.45) is 5.50. The fraction of sp³-hybridized carbons (Fsp3) is 0.269. The van der Waals surface area contributed by atoms with E-state index in [9.17, 15) is 10.1 Å². The number of nitrogen functional groups attached to an aromatic ring is 1. The monoisotopic (exact) mass is 482 g/mol. The van der Waals surface area contributed by atoms with E-state index in [1.165, 1.54) is 6.33 Å². The largest absolute Gasteiger partial charge is 0.496 e. The van der Waals surface area contributed by atoms with E-state index in [2.05, 4.69) is 21.5 Å². The minimum atomic E-state index is -0.204. The van der Waals surface area contributed by atoms with Gasteiger partial charge in [0, 0.05) is 18.7 Å². The minimum Gasteiger partial charge on any atom is -0.496 e. The topological polar surface area (TPSA) is 135 Å². The molecule has 0 bridgehead atoms. The molecule has 10 nitrogen and oxygen atoms in total. The number of nitrogens with zero attached hydrogens (tertiary/aromatic N) is 6. The molecule has 1 aliphatic heterocycles. The summed E-state index contributed by atoms with van der Waals surface area (Å²) >= 11 is 0. The van der Waals surface area contributed by atoms with Gasteiger partial charge in [-0.3, -0.25) is 4.79 Å². The second kappa shape index (κ2) is 9.92. The number of nitrogens with one attached hydrogen (secondary N) is 1. The highest BCUT2D eigenvalue weighted by molar-refractivity contribution is 5.98. The predicted octanol–water partition coefficient (Wildman–Crippen LogP) is 3.13. The minimum absolute atomic E-state index is 0.0217. The number of methoxy groups -OCH3 is 1. The number of aromatic nitrogens is 4. The molecule has 3 heterocycles. The Morgan fingerprint density at radius 1 is 1.22 bits per heavy atom. The Balaban J connectivity index is 1.39. The lowest BCUT2D eigenvalue weighted by Gasteiger charge is -2.28. The van der Waals surface area contributed by atoms with E-state index in [1.54, 1.807) is 30.2 Å². The van der Waals surface area contributed by atoms with Crippen LogP contribution in [0.1, 0.15) is 34.8 Å². The molecule has 0 radical (unpaired) electrons. The van der Waals surface area contributed by atoms with Crippen molar-refractivity contribution in [1.29, 1.82) is 5.26 Å². The van der Waals surface area contributed by atoms with Gasteiger partial charge in [0.25, 0.3) is 5.91 Å². The molecule has 182 valence electrons. The average molecular weight is 483 g/mol. The number of rotatable bonds is 6. The summed E-state index contributed by atoms with van der Waals surface area (Å²) in [4.78, 5) is 23.0. The molecule has 1 atom stereocenters. The quantitative estimate of drug-likeness (QED) is 0.400. The number of hydrogen-bond donors (Lipinski definition) is 2. The number of amides is 1. The third-order valence-corrected chi connectivity index (χ3v) is 6.43. The highest BCUT2D eigenvalue weighted by Gasteiger charge is 2.26. The molecule has 0 spiro atoms. The number of para-hydroxylation sites is 1. The van der Waals surface area contributed by atoms with Gasteiger partial charge < -0.3 is 20.7 Å². The van der Waals surface area contributed by atoms with Crippen LogP contribution in [-0.4, -0.2) is 50.8 Å². The first kappa shape index (κ1) is 23.1. The van der Waals surface area contributed by atoms with E-state index < -0.39 is 0 Å². The number of carbonyl (C=O) groups excluding carboxylic acids is 1. The van der Waals surface area contributed by atoms with Crippen molar-refractivity contribution in [3.63, 3.8) is 0 Å². The van der Waals surface area contributed by atoms with E-state index in [-0.39, 0.29) is 11.9 Å². The molecule has 36 heavy (non-hydrogen) atoms. The van der Waals surface area contributed by atoms with E-state index in [0.29, 0.717) is 46.9 Å². The maximum atomic E-state index is 12.6. The molecular weight excluding hydrogens is 456 g/mol. The first-order valence-electron chi connectivity index (χ1n) is 11.7. The lowest BCUT2D eigenvalue weighted by atomic mass is 10.1. The normalized spacial score (nSPS) is 15.4. The van der Waals surface area contributed by atoms with Crippen LogP contribution in [0.5, 0.6) is 5.75 Å². The van der Waals surface area contributed by atoms with E-state index >= 15 is 0 Å². The number of ether oxygens (including phenoxy) is 1. The molecule has 1 unspecified atom stereocenters. The Labute approximate surface area is 208 Å². The van der Waals surface area contributed by atoms with Gasteiger partial charge in [0.05, 0.1) is 30.6 Å². The first-order chi connectivity index (χ1) is 17.6. The van der Waals surface area contributed by atoms with Crippen molar-refractivity contribution in [3.05, 3.63) is 66.0 Å². The van der Waals surface area contributed by atoms with Crippen molar-refractivity contribution in [1.82, 2.24) is 30.0 Å². The van der Waals surface area contributed by atoms with Crippen LogP contribution >= 0.6 is 0 Å². The summed E-state index contributed by atoms with van der Waals surface area (Å²) in [5, 5.41) is 17.9. The lowest BCUT2D eigenvalue weighted by Crippen LogP contribution is -2.33. The second-order valence-electron chi connectivity index (χ2n) is 8.67. The fourth-order valence-electron chi connectivity index (χ4n) is 4.59. The van der Waals surface area contributed by atoms with Gasteiger partial charge in [-0.25, -0.2) is 14.6 Å². The summed E-state index contributed by atoms with van der Waals surface area (Å²) in [5.74, 6) is 0.691. The van der Waals surface area contributed by atoms with Gasteiger partial charge in [0.2, 0.25) is 0 Å². The third kappa shape index (κ3) is 4.38. The van der Waals surface area contributed by atoms with Gasteiger partial charge >= 0.3 is 0 Å². The Morgan fingerprint density at radius 3 is 2.81 bits per heavy atom.